The summed E-state index contributed by atoms with van der Waals surface area (Å²) < 4.78 is 0. The maximum atomic E-state index is 11.1. The zero-order valence-corrected chi connectivity index (χ0v) is 12.9. The van der Waals surface area contributed by atoms with Gasteiger partial charge in [-0.25, -0.2) is 0 Å². The molecule has 2 heteroatoms. The number of rotatable bonds is 5. The van der Waals surface area contributed by atoms with E-state index in [2.05, 4.69) is 0 Å². The van der Waals surface area contributed by atoms with Gasteiger partial charge in [-0.2, -0.15) is 0 Å². The Morgan fingerprint density at radius 2 is 1.00 bits per heavy atom. The molecule has 0 aliphatic carbocycles. The maximum absolute atomic E-state index is 11.1. The summed E-state index contributed by atoms with van der Waals surface area (Å²) in [5.41, 5.74) is 4.18. The topological polar surface area (TPSA) is 17.1 Å². The molecule has 0 heterocycles. The number of hydrogen-bond acceptors (Lipinski definition) is 2. The quantitative estimate of drug-likeness (QED) is 0.404. The van der Waals surface area contributed by atoms with Crippen LogP contribution >= 0.6 is 12.2 Å². The summed E-state index contributed by atoms with van der Waals surface area (Å²) >= 11 is 5.09. The van der Waals surface area contributed by atoms with Gasteiger partial charge in [-0.1, -0.05) is 36.5 Å². The first-order chi connectivity index (χ1) is 8.25. The van der Waals surface area contributed by atoms with Crippen molar-refractivity contribution in [2.45, 2.75) is 41.5 Å². The monoisotopic (exact) mass is 262 g/mol. The molecule has 0 atom stereocenters. The third kappa shape index (κ3) is 6.45. The van der Waals surface area contributed by atoms with Crippen molar-refractivity contribution in [1.82, 2.24) is 0 Å². The van der Waals surface area contributed by atoms with Crippen molar-refractivity contribution in [3.05, 3.63) is 46.6 Å². The average Bonchev–Trinajstić information content (AvgIpc) is 2.31. The third-order valence-electron chi connectivity index (χ3n) is 2.90. The van der Waals surface area contributed by atoms with Crippen LogP contribution in [-0.2, 0) is 4.79 Å². The van der Waals surface area contributed by atoms with Crippen LogP contribution in [0, 0.1) is 0 Å². The second kappa shape index (κ2) is 7.93. The predicted molar refractivity (Wildman–Crippen MR) is 84.0 cm³/mol. The van der Waals surface area contributed by atoms with E-state index >= 15 is 0 Å². The predicted octanol–water partition coefficient (Wildman–Crippen LogP) is 4.75. The molecule has 0 radical (unpaired) electrons. The molecule has 0 spiro atoms. The number of carbonyl (C=O) groups excluding carboxylic acids is 1. The Kier molecular flexibility index (Phi) is 7.37. The fourth-order valence-electron chi connectivity index (χ4n) is 0.998. The van der Waals surface area contributed by atoms with Gasteiger partial charge in [0.1, 0.15) is 0 Å². The molecule has 0 aromatic rings. The van der Waals surface area contributed by atoms with E-state index in [1.807, 2.05) is 58.9 Å². The van der Waals surface area contributed by atoms with Crippen LogP contribution in [0.15, 0.2) is 46.6 Å². The van der Waals surface area contributed by atoms with E-state index < -0.39 is 0 Å². The molecule has 0 amide bonds. The van der Waals surface area contributed by atoms with Gasteiger partial charge in [-0.05, 0) is 63.8 Å². The molecule has 1 nitrogen and oxygen atoms in total. The van der Waals surface area contributed by atoms with Crippen molar-refractivity contribution < 1.29 is 4.79 Å². The van der Waals surface area contributed by atoms with Gasteiger partial charge in [0.2, 0.25) is 0 Å². The second-order valence-corrected chi connectivity index (χ2v) is 5.12. The highest BCUT2D eigenvalue weighted by atomic mass is 32.1. The Balaban J connectivity index is 4.96. The molecule has 0 aromatic carbocycles. The van der Waals surface area contributed by atoms with E-state index in [9.17, 15) is 4.79 Å². The number of ketones is 1. The molecule has 0 rings (SSSR count). The van der Waals surface area contributed by atoms with Crippen molar-refractivity contribution in [3.63, 3.8) is 0 Å². The first kappa shape index (κ1) is 16.7. The lowest BCUT2D eigenvalue weighted by molar-refractivity contribution is -0.113. The fourth-order valence-corrected chi connectivity index (χ4v) is 1.07. The summed E-state index contributed by atoms with van der Waals surface area (Å²) in [6, 6.07) is 0. The van der Waals surface area contributed by atoms with Crippen LogP contribution in [0.5, 0.6) is 0 Å². The molecule has 0 bridgehead atoms. The van der Waals surface area contributed by atoms with Crippen molar-refractivity contribution in [2.75, 3.05) is 0 Å². The Labute approximate surface area is 116 Å². The Hall–Kier alpha value is -1.28. The van der Waals surface area contributed by atoms with Crippen LogP contribution < -0.4 is 0 Å². The van der Waals surface area contributed by atoms with E-state index in [0.717, 1.165) is 21.6 Å². The van der Waals surface area contributed by atoms with Crippen molar-refractivity contribution in [2.24, 2.45) is 0 Å². The third-order valence-corrected chi connectivity index (χ3v) is 3.22. The first-order valence-electron chi connectivity index (χ1n) is 5.98. The highest BCUT2D eigenvalue weighted by Crippen LogP contribution is 2.10. The second-order valence-electron chi connectivity index (χ2n) is 4.51. The SMILES string of the molecule is CC(=O)C(C)=CC=C(C)C(C)=CC=C(C)C(C)=S. The fraction of sp³-hybridized carbons (Fsp3) is 0.375. The van der Waals surface area contributed by atoms with Crippen LogP contribution in [0.2, 0.25) is 0 Å². The van der Waals surface area contributed by atoms with E-state index in [0.29, 0.717) is 0 Å². The molecule has 0 saturated heterocycles. The molecule has 0 fully saturated rings. The summed E-state index contributed by atoms with van der Waals surface area (Å²) in [7, 11) is 0. The van der Waals surface area contributed by atoms with Gasteiger partial charge in [-0.3, -0.25) is 4.79 Å². The maximum Gasteiger partial charge on any atom is 0.155 e. The molecular weight excluding hydrogens is 240 g/mol. The van der Waals surface area contributed by atoms with Crippen molar-refractivity contribution in [1.29, 1.82) is 0 Å². The number of carbonyl (C=O) groups is 1. The molecule has 0 aromatic heterocycles. The molecule has 98 valence electrons. The number of hydrogen-bond donors (Lipinski definition) is 0. The van der Waals surface area contributed by atoms with Gasteiger partial charge in [0.25, 0.3) is 0 Å². The van der Waals surface area contributed by atoms with Gasteiger partial charge in [0.15, 0.2) is 5.78 Å². The minimum absolute atomic E-state index is 0.104. The highest BCUT2D eigenvalue weighted by molar-refractivity contribution is 7.80. The van der Waals surface area contributed by atoms with Gasteiger partial charge < -0.3 is 0 Å². The van der Waals surface area contributed by atoms with Crippen LogP contribution in [0.1, 0.15) is 41.5 Å². The van der Waals surface area contributed by atoms with Gasteiger partial charge in [-0.15, -0.1) is 0 Å². The standard InChI is InChI=1S/C16H22OS/c1-11(7-9-13(3)15(5)17)12(2)8-10-14(4)16(6)18/h7-10H,1-6H3. The van der Waals surface area contributed by atoms with Crippen LogP contribution in [0.25, 0.3) is 0 Å². The number of Topliss-reactive ketones (excluding diaryl/α,β-unsaturated/α-hetero) is 1. The van der Waals surface area contributed by atoms with E-state index in [1.54, 1.807) is 6.92 Å². The summed E-state index contributed by atoms with van der Waals surface area (Å²) in [4.78, 5) is 12.0. The first-order valence-corrected chi connectivity index (χ1v) is 6.39. The Morgan fingerprint density at radius 1 is 0.667 bits per heavy atom. The lowest BCUT2D eigenvalue weighted by atomic mass is 10.1. The summed E-state index contributed by atoms with van der Waals surface area (Å²) in [6.07, 6.45) is 7.90. The van der Waals surface area contributed by atoms with Gasteiger partial charge >= 0.3 is 0 Å². The molecular formula is C16H22OS. The summed E-state index contributed by atoms with van der Waals surface area (Å²) in [5.74, 6) is 0.104. The van der Waals surface area contributed by atoms with Crippen molar-refractivity contribution in [3.8, 4) is 0 Å². The Bertz CT molecular complexity index is 415. The van der Waals surface area contributed by atoms with Crippen LogP contribution in [0.3, 0.4) is 0 Å². The van der Waals surface area contributed by atoms with Crippen molar-refractivity contribution >= 4 is 22.9 Å². The number of allylic oxidation sites excluding steroid dienone is 8. The lowest BCUT2D eigenvalue weighted by Gasteiger charge is -2.00. The average molecular weight is 262 g/mol. The van der Waals surface area contributed by atoms with Gasteiger partial charge in [0, 0.05) is 4.86 Å². The minimum Gasteiger partial charge on any atom is -0.295 e. The summed E-state index contributed by atoms with van der Waals surface area (Å²) in [5, 5.41) is 0. The van der Waals surface area contributed by atoms with Crippen LogP contribution in [-0.4, -0.2) is 10.6 Å². The smallest absolute Gasteiger partial charge is 0.155 e. The molecule has 18 heavy (non-hydrogen) atoms. The molecule has 0 aliphatic rings. The molecule has 0 saturated carbocycles. The van der Waals surface area contributed by atoms with Crippen LogP contribution in [0.4, 0.5) is 0 Å². The lowest BCUT2D eigenvalue weighted by Crippen LogP contribution is -1.90. The van der Waals surface area contributed by atoms with E-state index in [4.69, 9.17) is 12.2 Å². The van der Waals surface area contributed by atoms with E-state index in [1.165, 1.54) is 5.57 Å². The molecule has 0 aliphatic heterocycles. The summed E-state index contributed by atoms with van der Waals surface area (Å²) in [6.45, 7) is 11.4. The van der Waals surface area contributed by atoms with E-state index in [-0.39, 0.29) is 5.78 Å². The number of thiocarbonyl (C=S) groups is 1. The zero-order valence-electron chi connectivity index (χ0n) is 12.1. The van der Waals surface area contributed by atoms with Gasteiger partial charge in [0.05, 0.1) is 0 Å². The largest absolute Gasteiger partial charge is 0.295 e. The molecule has 0 N–H and O–H groups in total. The minimum atomic E-state index is 0.104. The normalized spacial score (nSPS) is 14.8. The zero-order chi connectivity index (χ0) is 14.3. The highest BCUT2D eigenvalue weighted by Gasteiger charge is 1.95. The molecule has 0 unspecified atom stereocenters. The Morgan fingerprint density at radius 3 is 1.33 bits per heavy atom.